The molecule has 0 fully saturated rings. The molecule has 0 radical (unpaired) electrons. The zero-order valence-corrected chi connectivity index (χ0v) is 16.0. The summed E-state index contributed by atoms with van der Waals surface area (Å²) in [6, 6.07) is 19.1. The fourth-order valence-electron chi connectivity index (χ4n) is 3.93. The maximum absolute atomic E-state index is 13.0. The van der Waals surface area contributed by atoms with Crippen molar-refractivity contribution in [3.63, 3.8) is 0 Å². The number of unbranched alkanes of at least 4 members (excludes halogenated alkanes) is 1. The highest BCUT2D eigenvalue weighted by molar-refractivity contribution is 5.84. The Kier molecular flexibility index (Phi) is 6.64. The van der Waals surface area contributed by atoms with Crippen LogP contribution in [0.25, 0.3) is 0 Å². The van der Waals surface area contributed by atoms with Crippen LogP contribution in [0.1, 0.15) is 42.7 Å². The number of hydrogen-bond donors (Lipinski definition) is 1. The number of carboxylic acids is 1. The SMILES string of the molecule is CCCCOC(=O)[C@H]1[C@@H](C(=O)O)[C@H](c2ccccc2)C=C[C@H]1c1ccccc1. The first-order valence-corrected chi connectivity index (χ1v) is 9.81. The highest BCUT2D eigenvalue weighted by Gasteiger charge is 2.46. The van der Waals surface area contributed by atoms with Crippen LogP contribution in [-0.4, -0.2) is 23.7 Å². The Morgan fingerprint density at radius 3 is 1.82 bits per heavy atom. The molecule has 146 valence electrons. The summed E-state index contributed by atoms with van der Waals surface area (Å²) in [6.07, 6.45) is 5.58. The van der Waals surface area contributed by atoms with Gasteiger partial charge in [-0.15, -0.1) is 0 Å². The fourth-order valence-corrected chi connectivity index (χ4v) is 3.93. The molecule has 0 unspecified atom stereocenters. The molecule has 0 saturated heterocycles. The Labute approximate surface area is 165 Å². The topological polar surface area (TPSA) is 63.6 Å². The van der Waals surface area contributed by atoms with Crippen LogP contribution in [0.5, 0.6) is 0 Å². The Morgan fingerprint density at radius 2 is 1.36 bits per heavy atom. The number of aliphatic carboxylic acids is 1. The van der Waals surface area contributed by atoms with Crippen molar-refractivity contribution >= 4 is 11.9 Å². The molecule has 2 aromatic carbocycles. The van der Waals surface area contributed by atoms with Crippen LogP contribution in [0.15, 0.2) is 72.8 Å². The van der Waals surface area contributed by atoms with Gasteiger partial charge in [0.2, 0.25) is 0 Å². The number of ether oxygens (including phenoxy) is 1. The first-order chi connectivity index (χ1) is 13.6. The van der Waals surface area contributed by atoms with E-state index >= 15 is 0 Å². The molecule has 0 bridgehead atoms. The second kappa shape index (κ2) is 9.36. The van der Waals surface area contributed by atoms with Crippen LogP contribution in [0.2, 0.25) is 0 Å². The largest absolute Gasteiger partial charge is 0.481 e. The van der Waals surface area contributed by atoms with Crippen molar-refractivity contribution in [2.24, 2.45) is 11.8 Å². The Hall–Kier alpha value is -2.88. The normalized spacial score (nSPS) is 23.9. The maximum atomic E-state index is 13.0. The summed E-state index contributed by atoms with van der Waals surface area (Å²) in [6.45, 7) is 2.34. The molecule has 1 aliphatic rings. The fraction of sp³-hybridized carbons (Fsp3) is 0.333. The number of benzene rings is 2. The molecule has 4 heteroatoms. The van der Waals surface area contributed by atoms with Crippen LogP contribution in [0, 0.1) is 11.8 Å². The van der Waals surface area contributed by atoms with Gasteiger partial charge in [0.1, 0.15) is 0 Å². The van der Waals surface area contributed by atoms with Crippen LogP contribution in [0.4, 0.5) is 0 Å². The summed E-state index contributed by atoms with van der Waals surface area (Å²) in [7, 11) is 0. The van der Waals surface area contributed by atoms with Crippen molar-refractivity contribution < 1.29 is 19.4 Å². The molecule has 3 rings (SSSR count). The smallest absolute Gasteiger partial charge is 0.310 e. The first-order valence-electron chi connectivity index (χ1n) is 9.81. The van der Waals surface area contributed by atoms with Crippen LogP contribution >= 0.6 is 0 Å². The van der Waals surface area contributed by atoms with Gasteiger partial charge in [-0.25, -0.2) is 0 Å². The third-order valence-electron chi connectivity index (χ3n) is 5.35. The minimum Gasteiger partial charge on any atom is -0.481 e. The van der Waals surface area contributed by atoms with Gasteiger partial charge in [-0.05, 0) is 17.5 Å². The summed E-state index contributed by atoms with van der Waals surface area (Å²) in [4.78, 5) is 25.3. The first kappa shape index (κ1) is 19.9. The van der Waals surface area contributed by atoms with E-state index in [9.17, 15) is 14.7 Å². The molecule has 4 atom stereocenters. The van der Waals surface area contributed by atoms with E-state index in [-0.39, 0.29) is 11.8 Å². The minimum absolute atomic E-state index is 0.319. The lowest BCUT2D eigenvalue weighted by molar-refractivity contribution is -0.159. The predicted molar refractivity (Wildman–Crippen MR) is 108 cm³/mol. The molecule has 28 heavy (non-hydrogen) atoms. The summed E-state index contributed by atoms with van der Waals surface area (Å²) < 4.78 is 5.50. The van der Waals surface area contributed by atoms with E-state index in [1.165, 1.54) is 0 Å². The van der Waals surface area contributed by atoms with Crippen LogP contribution < -0.4 is 0 Å². The van der Waals surface area contributed by atoms with E-state index in [1.807, 2.05) is 79.7 Å². The van der Waals surface area contributed by atoms with E-state index in [2.05, 4.69) is 0 Å². The number of carboxylic acid groups (broad SMARTS) is 1. The standard InChI is InChI=1S/C24H26O4/c1-2-3-16-28-24(27)22-20(18-12-8-5-9-13-18)15-14-19(21(22)23(25)26)17-10-6-4-7-11-17/h4-15,19-22H,2-3,16H2,1H3,(H,25,26)/t19-,20-,21-,22+/m0/s1. The molecule has 0 aliphatic heterocycles. The molecule has 0 amide bonds. The molecule has 0 heterocycles. The summed E-state index contributed by atoms with van der Waals surface area (Å²) in [5, 5.41) is 10.1. The van der Waals surface area contributed by atoms with Crippen LogP contribution in [0.3, 0.4) is 0 Å². The van der Waals surface area contributed by atoms with E-state index in [0.29, 0.717) is 6.61 Å². The zero-order valence-electron chi connectivity index (χ0n) is 16.0. The number of rotatable bonds is 7. The van der Waals surface area contributed by atoms with Gasteiger partial charge in [-0.3, -0.25) is 9.59 Å². The quantitative estimate of drug-likeness (QED) is 0.428. The van der Waals surface area contributed by atoms with Crippen molar-refractivity contribution in [3.8, 4) is 0 Å². The number of carbonyl (C=O) groups is 2. The molecule has 0 aromatic heterocycles. The average molecular weight is 378 g/mol. The Morgan fingerprint density at radius 1 is 0.857 bits per heavy atom. The number of allylic oxidation sites excluding steroid dienone is 2. The van der Waals surface area contributed by atoms with Gasteiger partial charge in [0.15, 0.2) is 0 Å². The summed E-state index contributed by atoms with van der Waals surface area (Å²) >= 11 is 0. The third-order valence-corrected chi connectivity index (χ3v) is 5.35. The number of carbonyl (C=O) groups excluding carboxylic acids is 1. The molecule has 1 aliphatic carbocycles. The van der Waals surface area contributed by atoms with Crippen molar-refractivity contribution in [1.29, 1.82) is 0 Å². The molecule has 4 nitrogen and oxygen atoms in total. The zero-order chi connectivity index (χ0) is 19.9. The van der Waals surface area contributed by atoms with Crippen molar-refractivity contribution in [3.05, 3.63) is 83.9 Å². The number of hydrogen-bond acceptors (Lipinski definition) is 3. The Bertz CT molecular complexity index is 813. The third kappa shape index (κ3) is 4.33. The Balaban J connectivity index is 2.02. The second-order valence-electron chi connectivity index (χ2n) is 7.17. The predicted octanol–water partition coefficient (Wildman–Crippen LogP) is 4.78. The lowest BCUT2D eigenvalue weighted by Crippen LogP contribution is -2.40. The molecule has 0 spiro atoms. The van der Waals surface area contributed by atoms with E-state index < -0.39 is 23.8 Å². The summed E-state index contributed by atoms with van der Waals surface area (Å²) in [5.74, 6) is -3.76. The highest BCUT2D eigenvalue weighted by Crippen LogP contribution is 2.45. The minimum atomic E-state index is -0.975. The van der Waals surface area contributed by atoms with Gasteiger partial charge in [-0.1, -0.05) is 86.2 Å². The molecule has 2 aromatic rings. The molecule has 0 saturated carbocycles. The second-order valence-corrected chi connectivity index (χ2v) is 7.17. The maximum Gasteiger partial charge on any atom is 0.310 e. The molecular weight excluding hydrogens is 352 g/mol. The lowest BCUT2D eigenvalue weighted by atomic mass is 9.66. The van der Waals surface area contributed by atoms with Gasteiger partial charge < -0.3 is 9.84 Å². The van der Waals surface area contributed by atoms with Gasteiger partial charge >= 0.3 is 11.9 Å². The average Bonchev–Trinajstić information content (AvgIpc) is 2.74. The molecule has 1 N–H and O–H groups in total. The van der Waals surface area contributed by atoms with Crippen LogP contribution in [-0.2, 0) is 14.3 Å². The van der Waals surface area contributed by atoms with Crippen molar-refractivity contribution in [2.45, 2.75) is 31.6 Å². The van der Waals surface area contributed by atoms with E-state index in [1.54, 1.807) is 0 Å². The van der Waals surface area contributed by atoms with Gasteiger partial charge in [0, 0.05) is 11.8 Å². The highest BCUT2D eigenvalue weighted by atomic mass is 16.5. The lowest BCUT2D eigenvalue weighted by Gasteiger charge is -2.36. The van der Waals surface area contributed by atoms with Crippen molar-refractivity contribution in [1.82, 2.24) is 0 Å². The monoisotopic (exact) mass is 378 g/mol. The van der Waals surface area contributed by atoms with Crippen molar-refractivity contribution in [2.75, 3.05) is 6.61 Å². The van der Waals surface area contributed by atoms with E-state index in [4.69, 9.17) is 4.74 Å². The van der Waals surface area contributed by atoms with Gasteiger partial charge in [0.25, 0.3) is 0 Å². The van der Waals surface area contributed by atoms with Gasteiger partial charge in [-0.2, -0.15) is 0 Å². The summed E-state index contributed by atoms with van der Waals surface area (Å²) in [5.41, 5.74) is 1.82. The van der Waals surface area contributed by atoms with Gasteiger partial charge in [0.05, 0.1) is 18.4 Å². The number of esters is 1. The molecular formula is C24H26O4. The van der Waals surface area contributed by atoms with E-state index in [0.717, 1.165) is 24.0 Å².